The van der Waals surface area contributed by atoms with Crippen LogP contribution in [0.5, 0.6) is 11.5 Å². The van der Waals surface area contributed by atoms with Crippen molar-refractivity contribution in [3.8, 4) is 11.5 Å². The Hall–Kier alpha value is -3.00. The number of nitrogens with zero attached hydrogens (tertiary/aromatic N) is 2. The Balaban J connectivity index is 1.51. The van der Waals surface area contributed by atoms with Crippen LogP contribution in [0.15, 0.2) is 47.5 Å². The van der Waals surface area contributed by atoms with E-state index in [0.717, 1.165) is 36.9 Å². The predicted octanol–water partition coefficient (Wildman–Crippen LogP) is 4.92. The zero-order valence-electron chi connectivity index (χ0n) is 19.2. The molecule has 8 heteroatoms. The van der Waals surface area contributed by atoms with Crippen LogP contribution in [0.1, 0.15) is 37.7 Å². The molecule has 1 aliphatic heterocycles. The van der Waals surface area contributed by atoms with Crippen molar-refractivity contribution in [3.63, 3.8) is 0 Å². The number of hydrogen-bond donors (Lipinski definition) is 1. The smallest absolute Gasteiger partial charge is 0.242 e. The number of aryl methyl sites for hydroxylation is 1. The summed E-state index contributed by atoms with van der Waals surface area (Å²) in [5.41, 5.74) is 2.50. The van der Waals surface area contributed by atoms with Gasteiger partial charge in [-0.2, -0.15) is 0 Å². The second kappa shape index (κ2) is 10.3. The van der Waals surface area contributed by atoms with Gasteiger partial charge >= 0.3 is 0 Å². The highest BCUT2D eigenvalue weighted by Crippen LogP contribution is 2.38. The highest BCUT2D eigenvalue weighted by molar-refractivity contribution is 8.15. The maximum atomic E-state index is 13.4. The number of amidine groups is 1. The van der Waals surface area contributed by atoms with Crippen molar-refractivity contribution >= 4 is 40.1 Å². The first-order valence-electron chi connectivity index (χ1n) is 11.2. The summed E-state index contributed by atoms with van der Waals surface area (Å²) in [6.45, 7) is 2.01. The predicted molar refractivity (Wildman–Crippen MR) is 132 cm³/mol. The Morgan fingerprint density at radius 3 is 2.55 bits per heavy atom. The number of amides is 2. The van der Waals surface area contributed by atoms with Crippen LogP contribution >= 0.6 is 11.8 Å². The molecule has 2 fully saturated rings. The van der Waals surface area contributed by atoms with Crippen LogP contribution in [0.2, 0.25) is 0 Å². The molecule has 1 heterocycles. The summed E-state index contributed by atoms with van der Waals surface area (Å²) in [6, 6.07) is 13.2. The Bertz CT molecular complexity index is 1070. The molecule has 2 amide bonds. The van der Waals surface area contributed by atoms with Crippen molar-refractivity contribution in [3.05, 3.63) is 48.0 Å². The van der Waals surface area contributed by atoms with E-state index in [1.165, 1.54) is 11.8 Å². The standard InChI is InChI=1S/C25H29N3O4S/c1-16-8-4-7-11-19(16)27-25-28(18-9-5-6-10-18)24(30)22(33-25)15-23(29)26-17-12-13-20(31-2)21(14-17)32-3/h4,7-8,11-14,18,22H,5-6,9-10,15H2,1-3H3,(H,26,29). The fraction of sp³-hybridized carbons (Fsp3) is 0.400. The summed E-state index contributed by atoms with van der Waals surface area (Å²) >= 11 is 1.39. The minimum atomic E-state index is -0.492. The summed E-state index contributed by atoms with van der Waals surface area (Å²) in [6.07, 6.45) is 4.25. The maximum Gasteiger partial charge on any atom is 0.242 e. The number of aliphatic imine (C=N–C) groups is 1. The topological polar surface area (TPSA) is 80.2 Å². The van der Waals surface area contributed by atoms with Gasteiger partial charge in [0.05, 0.1) is 19.9 Å². The number of benzene rings is 2. The number of para-hydroxylation sites is 1. The Morgan fingerprint density at radius 1 is 1.12 bits per heavy atom. The van der Waals surface area contributed by atoms with Crippen molar-refractivity contribution in [2.75, 3.05) is 19.5 Å². The molecule has 174 valence electrons. The molecule has 4 rings (SSSR count). The van der Waals surface area contributed by atoms with Gasteiger partial charge in [0, 0.05) is 24.2 Å². The molecule has 1 saturated carbocycles. The van der Waals surface area contributed by atoms with E-state index in [1.807, 2.05) is 36.1 Å². The highest BCUT2D eigenvalue weighted by Gasteiger charge is 2.43. The van der Waals surface area contributed by atoms with Gasteiger partial charge in [-0.15, -0.1) is 0 Å². The molecular weight excluding hydrogens is 438 g/mol. The summed E-state index contributed by atoms with van der Waals surface area (Å²) in [5, 5.41) is 3.08. The lowest BCUT2D eigenvalue weighted by Crippen LogP contribution is -2.40. The molecule has 0 spiro atoms. The molecule has 0 aromatic heterocycles. The van der Waals surface area contributed by atoms with Gasteiger partial charge in [0.15, 0.2) is 16.7 Å². The number of thioether (sulfide) groups is 1. The third-order valence-corrected chi connectivity index (χ3v) is 7.18. The normalized spacial score (nSPS) is 19.8. The molecule has 0 radical (unpaired) electrons. The molecule has 7 nitrogen and oxygen atoms in total. The van der Waals surface area contributed by atoms with E-state index in [-0.39, 0.29) is 24.3 Å². The van der Waals surface area contributed by atoms with Crippen molar-refractivity contribution in [2.24, 2.45) is 4.99 Å². The van der Waals surface area contributed by atoms with Gasteiger partial charge in [-0.05, 0) is 43.5 Å². The van der Waals surface area contributed by atoms with Crippen LogP contribution in [-0.2, 0) is 9.59 Å². The van der Waals surface area contributed by atoms with Crippen LogP contribution in [-0.4, -0.2) is 47.4 Å². The molecular formula is C25H29N3O4S. The van der Waals surface area contributed by atoms with E-state index in [1.54, 1.807) is 32.4 Å². The number of ether oxygens (including phenoxy) is 2. The lowest BCUT2D eigenvalue weighted by molar-refractivity contribution is -0.129. The van der Waals surface area contributed by atoms with E-state index >= 15 is 0 Å². The molecule has 0 bridgehead atoms. The first-order valence-corrected chi connectivity index (χ1v) is 12.0. The minimum absolute atomic E-state index is 0.0262. The second-order valence-electron chi connectivity index (χ2n) is 8.26. The average molecular weight is 468 g/mol. The van der Waals surface area contributed by atoms with Gasteiger partial charge < -0.3 is 14.8 Å². The number of nitrogens with one attached hydrogen (secondary N) is 1. The van der Waals surface area contributed by atoms with Crippen LogP contribution in [0.3, 0.4) is 0 Å². The Labute approximate surface area is 198 Å². The quantitative estimate of drug-likeness (QED) is 0.626. The number of hydrogen-bond acceptors (Lipinski definition) is 6. The second-order valence-corrected chi connectivity index (χ2v) is 9.43. The van der Waals surface area contributed by atoms with Crippen LogP contribution < -0.4 is 14.8 Å². The van der Waals surface area contributed by atoms with Gasteiger partial charge in [0.25, 0.3) is 0 Å². The molecule has 33 heavy (non-hydrogen) atoms. The van der Waals surface area contributed by atoms with Gasteiger partial charge in [0.2, 0.25) is 11.8 Å². The summed E-state index contributed by atoms with van der Waals surface area (Å²) < 4.78 is 10.5. The number of methoxy groups -OCH3 is 2. The third-order valence-electron chi connectivity index (χ3n) is 6.03. The van der Waals surface area contributed by atoms with E-state index in [9.17, 15) is 9.59 Å². The SMILES string of the molecule is COc1ccc(NC(=O)CC2SC(=Nc3ccccc3C)N(C3CCCC3)C2=O)cc1OC. The fourth-order valence-corrected chi connectivity index (χ4v) is 5.49. The average Bonchev–Trinajstić information content (AvgIpc) is 3.43. The Morgan fingerprint density at radius 2 is 1.85 bits per heavy atom. The van der Waals surface area contributed by atoms with Crippen molar-refractivity contribution in [2.45, 2.75) is 50.3 Å². The fourth-order valence-electron chi connectivity index (χ4n) is 4.28. The van der Waals surface area contributed by atoms with Gasteiger partial charge in [-0.3, -0.25) is 14.5 Å². The van der Waals surface area contributed by atoms with E-state index in [2.05, 4.69) is 5.32 Å². The molecule has 1 unspecified atom stereocenters. The monoisotopic (exact) mass is 467 g/mol. The minimum Gasteiger partial charge on any atom is -0.493 e. The largest absolute Gasteiger partial charge is 0.493 e. The first kappa shape index (κ1) is 23.2. The van der Waals surface area contributed by atoms with Crippen LogP contribution in [0.4, 0.5) is 11.4 Å². The number of rotatable bonds is 7. The van der Waals surface area contributed by atoms with Crippen molar-refractivity contribution < 1.29 is 19.1 Å². The highest BCUT2D eigenvalue weighted by atomic mass is 32.2. The zero-order chi connectivity index (χ0) is 23.4. The van der Waals surface area contributed by atoms with Gasteiger partial charge in [-0.1, -0.05) is 42.8 Å². The maximum absolute atomic E-state index is 13.4. The number of carbonyl (C=O) groups is 2. The molecule has 1 aliphatic carbocycles. The van der Waals surface area contributed by atoms with E-state index in [4.69, 9.17) is 14.5 Å². The summed E-state index contributed by atoms with van der Waals surface area (Å²) in [7, 11) is 3.11. The molecule has 2 aliphatic rings. The van der Waals surface area contributed by atoms with Gasteiger partial charge in [-0.25, -0.2) is 4.99 Å². The Kier molecular flexibility index (Phi) is 7.23. The third kappa shape index (κ3) is 5.16. The molecule has 1 atom stereocenters. The lowest BCUT2D eigenvalue weighted by atomic mass is 10.2. The number of carbonyl (C=O) groups excluding carboxylic acids is 2. The molecule has 1 saturated heterocycles. The summed E-state index contributed by atoms with van der Waals surface area (Å²) in [5.74, 6) is 0.862. The molecule has 1 N–H and O–H groups in total. The zero-order valence-corrected chi connectivity index (χ0v) is 20.0. The van der Waals surface area contributed by atoms with E-state index < -0.39 is 5.25 Å². The first-order chi connectivity index (χ1) is 16.0. The van der Waals surface area contributed by atoms with Crippen LogP contribution in [0, 0.1) is 6.92 Å². The van der Waals surface area contributed by atoms with Crippen molar-refractivity contribution in [1.82, 2.24) is 4.90 Å². The van der Waals surface area contributed by atoms with Crippen LogP contribution in [0.25, 0.3) is 0 Å². The molecule has 2 aromatic rings. The lowest BCUT2D eigenvalue weighted by Gasteiger charge is -2.23. The summed E-state index contributed by atoms with van der Waals surface area (Å²) in [4.78, 5) is 32.9. The van der Waals surface area contributed by atoms with Crippen molar-refractivity contribution in [1.29, 1.82) is 0 Å². The molecule has 2 aromatic carbocycles. The number of anilines is 1. The van der Waals surface area contributed by atoms with Gasteiger partial charge in [0.1, 0.15) is 5.25 Å². The van der Waals surface area contributed by atoms with E-state index in [0.29, 0.717) is 22.4 Å².